The summed E-state index contributed by atoms with van der Waals surface area (Å²) in [5.41, 5.74) is 12.9. The van der Waals surface area contributed by atoms with Crippen LogP contribution in [0.15, 0.2) is 204 Å². The molecule has 1 aliphatic heterocycles. The monoisotopic (exact) mass is 946 g/mol. The Hall–Kier alpha value is -7.81. The highest BCUT2D eigenvalue weighted by Crippen LogP contribution is 2.56. The molecule has 0 atom stereocenters. The van der Waals surface area contributed by atoms with Crippen LogP contribution in [-0.4, -0.2) is 14.5 Å². The fourth-order valence-corrected chi connectivity index (χ4v) is 15.4. The van der Waals surface area contributed by atoms with Gasteiger partial charge in [0.25, 0.3) is 0 Å². The van der Waals surface area contributed by atoms with E-state index in [2.05, 4.69) is 217 Å². The first-order chi connectivity index (χ1) is 34.5. The lowest BCUT2D eigenvalue weighted by molar-refractivity contribution is 0.660. The topological polar surface area (TPSA) is 34.0 Å². The van der Waals surface area contributed by atoms with E-state index in [1.54, 1.807) is 11.3 Å². The third-order valence-electron chi connectivity index (χ3n) is 15.2. The molecule has 0 saturated heterocycles. The number of thiophene rings is 2. The van der Waals surface area contributed by atoms with Crippen LogP contribution in [-0.2, 0) is 5.41 Å². The first-order valence-electron chi connectivity index (χ1n) is 23.8. The van der Waals surface area contributed by atoms with Gasteiger partial charge in [-0.05, 0) is 99.1 Å². The average molecular weight is 947 g/mol. The maximum Gasteiger partial charge on any atom is 0.162 e. The van der Waals surface area contributed by atoms with Crippen LogP contribution in [0.2, 0.25) is 0 Å². The Labute approximate surface area is 414 Å². The zero-order chi connectivity index (χ0) is 46.0. The average Bonchev–Trinajstić information content (AvgIpc) is 4.15. The Morgan fingerprint density at radius 3 is 2.04 bits per heavy atom. The highest BCUT2D eigenvalue weighted by molar-refractivity contribution is 7.99. The number of anilines is 3. The Bertz CT molecular complexity index is 4630. The number of aromatic nitrogens is 3. The molecule has 0 saturated carbocycles. The maximum atomic E-state index is 5.84. The van der Waals surface area contributed by atoms with E-state index in [1.807, 2.05) is 23.1 Å². The van der Waals surface area contributed by atoms with Crippen LogP contribution in [0.3, 0.4) is 0 Å². The zero-order valence-corrected chi connectivity index (χ0v) is 40.4. The second kappa shape index (κ2) is 14.1. The van der Waals surface area contributed by atoms with Gasteiger partial charge in [-0.25, -0.2) is 9.97 Å². The Morgan fingerprint density at radius 1 is 0.471 bits per heavy atom. The fraction of sp³-hybridized carbons (Fsp3) is 0.0476. The van der Waals surface area contributed by atoms with Crippen molar-refractivity contribution in [2.24, 2.45) is 0 Å². The minimum Gasteiger partial charge on any atom is -0.308 e. The number of fused-ring (bicyclic) bond motifs is 20. The normalized spacial score (nSPS) is 13.9. The minimum atomic E-state index is -0.132. The van der Waals surface area contributed by atoms with Crippen molar-refractivity contribution < 1.29 is 0 Å². The molecule has 0 fully saturated rings. The standard InChI is InChI=1S/C63H38N4S3/c1-63(2)45-22-10-7-17-39(45)40-30-29-37(34-46(40)63)66-47-23-11-14-26-52(47)68-53-32-28-36(33-49(53)66)61-64-57-44-21-9-13-25-51(44)70-60(57)62(65-61)67-48-31-27-35-15-3-4-16-38(35)55(48)56-58(67)42-19-6-5-18-41(42)54-43-20-8-12-24-50(43)69-59(54)56/h3-34H,1-2H3. The lowest BCUT2D eigenvalue weighted by Crippen LogP contribution is -2.18. The number of benzene rings is 10. The van der Waals surface area contributed by atoms with Crippen LogP contribution in [0, 0.1) is 0 Å². The molecule has 5 heterocycles. The molecule has 7 heteroatoms. The first-order valence-corrected chi connectivity index (χ1v) is 26.3. The smallest absolute Gasteiger partial charge is 0.162 e. The zero-order valence-electron chi connectivity index (χ0n) is 38.0. The molecule has 0 spiro atoms. The van der Waals surface area contributed by atoms with Crippen LogP contribution >= 0.6 is 34.4 Å². The molecule has 2 aliphatic rings. The van der Waals surface area contributed by atoms with Gasteiger partial charge in [0, 0.05) is 72.9 Å². The molecular formula is C63H38N4S3. The van der Waals surface area contributed by atoms with E-state index in [4.69, 9.17) is 9.97 Å². The molecule has 4 aromatic heterocycles. The van der Waals surface area contributed by atoms with Crippen LogP contribution in [0.25, 0.3) is 112 Å². The highest BCUT2D eigenvalue weighted by atomic mass is 32.2. The second-order valence-electron chi connectivity index (χ2n) is 19.2. The number of hydrogen-bond donors (Lipinski definition) is 0. The largest absolute Gasteiger partial charge is 0.308 e. The third-order valence-corrected chi connectivity index (χ3v) is 18.6. The highest BCUT2D eigenvalue weighted by Gasteiger charge is 2.37. The summed E-state index contributed by atoms with van der Waals surface area (Å²) in [6.07, 6.45) is 0. The van der Waals surface area contributed by atoms with Crippen LogP contribution in [0.1, 0.15) is 25.0 Å². The second-order valence-corrected chi connectivity index (χ2v) is 22.4. The summed E-state index contributed by atoms with van der Waals surface area (Å²) in [6.45, 7) is 4.72. The Balaban J connectivity index is 0.990. The molecule has 0 radical (unpaired) electrons. The maximum absolute atomic E-state index is 5.84. The Kier molecular flexibility index (Phi) is 7.90. The summed E-state index contributed by atoms with van der Waals surface area (Å²) in [6, 6.07) is 71.7. The summed E-state index contributed by atoms with van der Waals surface area (Å²) in [7, 11) is 0. The van der Waals surface area contributed by atoms with Crippen LogP contribution < -0.4 is 4.90 Å². The van der Waals surface area contributed by atoms with Gasteiger partial charge in [-0.1, -0.05) is 159 Å². The summed E-state index contributed by atoms with van der Waals surface area (Å²) in [5.74, 6) is 1.60. The fourth-order valence-electron chi connectivity index (χ4n) is 12.0. The lowest BCUT2D eigenvalue weighted by atomic mass is 9.82. The molecule has 0 bridgehead atoms. The molecule has 16 rings (SSSR count). The summed E-state index contributed by atoms with van der Waals surface area (Å²) in [4.78, 5) is 16.3. The molecule has 4 nitrogen and oxygen atoms in total. The van der Waals surface area contributed by atoms with Gasteiger partial charge in [-0.3, -0.25) is 4.57 Å². The number of rotatable bonds is 3. The van der Waals surface area contributed by atoms with Gasteiger partial charge in [0.15, 0.2) is 11.6 Å². The summed E-state index contributed by atoms with van der Waals surface area (Å²) < 4.78 is 7.36. The molecule has 1 aliphatic carbocycles. The number of nitrogens with zero attached hydrogens (tertiary/aromatic N) is 4. The molecule has 0 amide bonds. The molecular weight excluding hydrogens is 909 g/mol. The molecule has 70 heavy (non-hydrogen) atoms. The van der Waals surface area contributed by atoms with Crippen LogP contribution in [0.4, 0.5) is 17.1 Å². The molecule has 14 aromatic rings. The molecule has 10 aromatic carbocycles. The van der Waals surface area contributed by atoms with Gasteiger partial charge < -0.3 is 4.90 Å². The van der Waals surface area contributed by atoms with Crippen molar-refractivity contribution in [3.63, 3.8) is 0 Å². The van der Waals surface area contributed by atoms with Gasteiger partial charge in [0.2, 0.25) is 0 Å². The number of para-hydroxylation sites is 1. The predicted octanol–water partition coefficient (Wildman–Crippen LogP) is 18.5. The van der Waals surface area contributed by atoms with Crippen molar-refractivity contribution in [2.45, 2.75) is 29.1 Å². The van der Waals surface area contributed by atoms with Crippen molar-refractivity contribution in [3.05, 3.63) is 205 Å². The van der Waals surface area contributed by atoms with E-state index in [9.17, 15) is 0 Å². The van der Waals surface area contributed by atoms with Gasteiger partial charge >= 0.3 is 0 Å². The SMILES string of the molecule is CC1(C)c2ccccc2-c2ccc(N3c4ccccc4Sc4ccc(-c5nc(-n6c7ccc8ccccc8c7c7c8sc9ccccc9c8c8ccccc8c76)c6sc7ccccc7c6n5)cc43)cc21. The third kappa shape index (κ3) is 5.21. The first kappa shape index (κ1) is 39.1. The van der Waals surface area contributed by atoms with Gasteiger partial charge in [0.05, 0.1) is 32.6 Å². The van der Waals surface area contributed by atoms with Crippen molar-refractivity contribution in [2.75, 3.05) is 4.90 Å². The van der Waals surface area contributed by atoms with Crippen molar-refractivity contribution in [3.8, 4) is 28.3 Å². The minimum absolute atomic E-state index is 0.132. The molecule has 328 valence electrons. The quantitative estimate of drug-likeness (QED) is 0.177. The summed E-state index contributed by atoms with van der Waals surface area (Å²) >= 11 is 5.52. The van der Waals surface area contributed by atoms with E-state index in [0.717, 1.165) is 43.9 Å². The van der Waals surface area contributed by atoms with Crippen LogP contribution in [0.5, 0.6) is 0 Å². The number of hydrogen-bond acceptors (Lipinski definition) is 6. The van der Waals surface area contributed by atoms with Crippen molar-refractivity contribution >= 4 is 135 Å². The van der Waals surface area contributed by atoms with E-state index < -0.39 is 0 Å². The predicted molar refractivity (Wildman–Crippen MR) is 299 cm³/mol. The van der Waals surface area contributed by atoms with Crippen molar-refractivity contribution in [1.29, 1.82) is 0 Å². The van der Waals surface area contributed by atoms with Crippen molar-refractivity contribution in [1.82, 2.24) is 14.5 Å². The van der Waals surface area contributed by atoms with E-state index in [1.165, 1.54) is 100 Å². The van der Waals surface area contributed by atoms with Gasteiger partial charge in [-0.15, -0.1) is 22.7 Å². The lowest BCUT2D eigenvalue weighted by Gasteiger charge is -2.34. The summed E-state index contributed by atoms with van der Waals surface area (Å²) in [5, 5.41) is 11.2. The molecule has 0 N–H and O–H groups in total. The molecule has 0 unspecified atom stereocenters. The van der Waals surface area contributed by atoms with Gasteiger partial charge in [0.1, 0.15) is 0 Å². The Morgan fingerprint density at radius 2 is 1.16 bits per heavy atom. The van der Waals surface area contributed by atoms with E-state index in [0.29, 0.717) is 5.82 Å². The van der Waals surface area contributed by atoms with E-state index in [-0.39, 0.29) is 5.41 Å². The van der Waals surface area contributed by atoms with E-state index >= 15 is 0 Å². The van der Waals surface area contributed by atoms with Gasteiger partial charge in [-0.2, -0.15) is 0 Å².